The summed E-state index contributed by atoms with van der Waals surface area (Å²) in [5.74, 6) is 0.836. The maximum atomic E-state index is 4.66. The van der Waals surface area contributed by atoms with Crippen molar-refractivity contribution in [3.63, 3.8) is 0 Å². The van der Waals surface area contributed by atoms with Gasteiger partial charge in [-0.05, 0) is 31.4 Å². The average Bonchev–Trinajstić information content (AvgIpc) is 3.18. The van der Waals surface area contributed by atoms with Crippen LogP contribution in [0.25, 0.3) is 10.9 Å². The molecule has 3 N–H and O–H groups in total. The van der Waals surface area contributed by atoms with Crippen LogP contribution in [0.5, 0.6) is 0 Å². The lowest BCUT2D eigenvalue weighted by atomic mass is 10.2. The molecule has 0 saturated carbocycles. The molecule has 0 amide bonds. The molecule has 0 aliphatic rings. The highest BCUT2D eigenvalue weighted by atomic mass is 32.1. The van der Waals surface area contributed by atoms with Gasteiger partial charge in [-0.1, -0.05) is 18.2 Å². The Labute approximate surface area is 146 Å². The quantitative estimate of drug-likeness (QED) is 0.476. The van der Waals surface area contributed by atoms with Crippen molar-refractivity contribution in [2.45, 2.75) is 26.8 Å². The van der Waals surface area contributed by atoms with E-state index in [2.05, 4.69) is 62.2 Å². The third kappa shape index (κ3) is 4.35. The first kappa shape index (κ1) is 16.5. The number of aromatic amines is 1. The Kier molecular flexibility index (Phi) is 5.48. The number of aryl methyl sites for hydroxylation is 1. The van der Waals surface area contributed by atoms with E-state index in [1.54, 1.807) is 11.3 Å². The number of rotatable bonds is 6. The molecule has 6 heteroatoms. The third-order valence-corrected chi connectivity index (χ3v) is 4.50. The van der Waals surface area contributed by atoms with Crippen LogP contribution < -0.4 is 10.6 Å². The summed E-state index contributed by atoms with van der Waals surface area (Å²) in [5.41, 5.74) is 3.40. The number of para-hydroxylation sites is 1. The maximum absolute atomic E-state index is 4.66. The number of hydrogen-bond acceptors (Lipinski definition) is 3. The van der Waals surface area contributed by atoms with Gasteiger partial charge in [-0.2, -0.15) is 0 Å². The van der Waals surface area contributed by atoms with Crippen LogP contribution in [0, 0.1) is 6.92 Å². The first-order valence-corrected chi connectivity index (χ1v) is 9.12. The largest absolute Gasteiger partial charge is 0.357 e. The fraction of sp³-hybridized carbons (Fsp3) is 0.333. The Hall–Kier alpha value is -2.34. The first-order chi connectivity index (χ1) is 11.7. The number of nitrogens with zero attached hydrogens (tertiary/aromatic N) is 2. The zero-order chi connectivity index (χ0) is 16.8. The molecule has 1 aromatic carbocycles. The van der Waals surface area contributed by atoms with Crippen LogP contribution in [-0.4, -0.2) is 29.0 Å². The summed E-state index contributed by atoms with van der Waals surface area (Å²) in [4.78, 5) is 12.6. The Morgan fingerprint density at radius 2 is 2.17 bits per heavy atom. The second-order valence-corrected chi connectivity index (χ2v) is 6.67. The van der Waals surface area contributed by atoms with Crippen molar-refractivity contribution in [3.8, 4) is 0 Å². The molecule has 2 heterocycles. The Balaban J connectivity index is 1.58. The van der Waals surface area contributed by atoms with Crippen molar-refractivity contribution in [1.29, 1.82) is 0 Å². The lowest BCUT2D eigenvalue weighted by Crippen LogP contribution is -2.38. The van der Waals surface area contributed by atoms with Crippen molar-refractivity contribution in [3.05, 3.63) is 52.1 Å². The van der Waals surface area contributed by atoms with Crippen molar-refractivity contribution >= 4 is 28.2 Å². The van der Waals surface area contributed by atoms with E-state index in [-0.39, 0.29) is 0 Å². The second kappa shape index (κ2) is 7.97. The fourth-order valence-corrected chi connectivity index (χ4v) is 3.20. The van der Waals surface area contributed by atoms with Crippen molar-refractivity contribution in [1.82, 2.24) is 20.6 Å². The average molecular weight is 341 g/mol. The zero-order valence-electron chi connectivity index (χ0n) is 14.1. The van der Waals surface area contributed by atoms with E-state index < -0.39 is 0 Å². The molecule has 0 bridgehead atoms. The summed E-state index contributed by atoms with van der Waals surface area (Å²) in [6.07, 6.45) is 0.904. The van der Waals surface area contributed by atoms with E-state index in [1.807, 2.05) is 13.0 Å². The molecule has 126 valence electrons. The van der Waals surface area contributed by atoms with E-state index in [4.69, 9.17) is 0 Å². The van der Waals surface area contributed by atoms with Crippen LogP contribution in [-0.2, 0) is 13.0 Å². The number of hydrogen-bond donors (Lipinski definition) is 3. The fourth-order valence-electron chi connectivity index (χ4n) is 2.56. The lowest BCUT2D eigenvalue weighted by Gasteiger charge is -2.10. The molecule has 0 aliphatic carbocycles. The van der Waals surface area contributed by atoms with Gasteiger partial charge >= 0.3 is 0 Å². The summed E-state index contributed by atoms with van der Waals surface area (Å²) >= 11 is 1.69. The number of H-pyrrole nitrogens is 1. The van der Waals surface area contributed by atoms with Gasteiger partial charge < -0.3 is 15.6 Å². The second-order valence-electron chi connectivity index (χ2n) is 5.61. The van der Waals surface area contributed by atoms with Crippen LogP contribution in [0.4, 0.5) is 0 Å². The summed E-state index contributed by atoms with van der Waals surface area (Å²) < 4.78 is 0. The SMILES string of the molecule is CCNC(=NCc1cc2ccccc2[nH]1)NCCc1csc(C)n1. The molecule has 0 radical (unpaired) electrons. The molecular formula is C18H23N5S. The van der Waals surface area contributed by atoms with Crippen LogP contribution in [0.15, 0.2) is 40.7 Å². The smallest absolute Gasteiger partial charge is 0.191 e. The highest BCUT2D eigenvalue weighted by molar-refractivity contribution is 7.09. The number of thiazole rings is 1. The number of guanidine groups is 1. The summed E-state index contributed by atoms with van der Waals surface area (Å²) in [6, 6.07) is 10.4. The van der Waals surface area contributed by atoms with Gasteiger partial charge in [0.25, 0.3) is 0 Å². The van der Waals surface area contributed by atoms with Gasteiger partial charge in [0, 0.05) is 36.1 Å². The summed E-state index contributed by atoms with van der Waals surface area (Å²) in [5, 5.41) is 11.1. The monoisotopic (exact) mass is 341 g/mol. The van der Waals surface area contributed by atoms with Gasteiger partial charge in [0.05, 0.1) is 17.2 Å². The minimum atomic E-state index is 0.625. The van der Waals surface area contributed by atoms with E-state index in [0.717, 1.165) is 47.4 Å². The number of nitrogens with one attached hydrogen (secondary N) is 3. The molecule has 24 heavy (non-hydrogen) atoms. The zero-order valence-corrected chi connectivity index (χ0v) is 14.9. The van der Waals surface area contributed by atoms with Crippen molar-refractivity contribution in [2.75, 3.05) is 13.1 Å². The number of aliphatic imine (C=N–C) groups is 1. The molecule has 2 aromatic heterocycles. The van der Waals surface area contributed by atoms with Crippen LogP contribution in [0.3, 0.4) is 0 Å². The minimum absolute atomic E-state index is 0.625. The number of aromatic nitrogens is 2. The summed E-state index contributed by atoms with van der Waals surface area (Å²) in [6.45, 7) is 6.40. The van der Waals surface area contributed by atoms with Crippen LogP contribution >= 0.6 is 11.3 Å². The normalized spacial score (nSPS) is 11.8. The van der Waals surface area contributed by atoms with Crippen molar-refractivity contribution < 1.29 is 0 Å². The molecule has 0 unspecified atom stereocenters. The Morgan fingerprint density at radius 1 is 1.29 bits per heavy atom. The van der Waals surface area contributed by atoms with E-state index in [0.29, 0.717) is 6.54 Å². The maximum Gasteiger partial charge on any atom is 0.191 e. The van der Waals surface area contributed by atoms with Crippen LogP contribution in [0.1, 0.15) is 23.3 Å². The van der Waals surface area contributed by atoms with Gasteiger partial charge in [-0.25, -0.2) is 9.98 Å². The van der Waals surface area contributed by atoms with Gasteiger partial charge in [0.1, 0.15) is 0 Å². The van der Waals surface area contributed by atoms with E-state index in [1.165, 1.54) is 5.39 Å². The van der Waals surface area contributed by atoms with E-state index in [9.17, 15) is 0 Å². The molecule has 3 rings (SSSR count). The number of benzene rings is 1. The van der Waals surface area contributed by atoms with Gasteiger partial charge in [-0.15, -0.1) is 11.3 Å². The highest BCUT2D eigenvalue weighted by Gasteiger charge is 2.02. The molecule has 3 aromatic rings. The Morgan fingerprint density at radius 3 is 2.92 bits per heavy atom. The van der Waals surface area contributed by atoms with Crippen LogP contribution in [0.2, 0.25) is 0 Å². The predicted octanol–water partition coefficient (Wildman–Crippen LogP) is 3.23. The third-order valence-electron chi connectivity index (χ3n) is 3.68. The number of fused-ring (bicyclic) bond motifs is 1. The van der Waals surface area contributed by atoms with Gasteiger partial charge in [0.2, 0.25) is 0 Å². The molecular weight excluding hydrogens is 318 g/mol. The molecule has 0 fully saturated rings. The Bertz CT molecular complexity index is 785. The van der Waals surface area contributed by atoms with Gasteiger partial charge in [0.15, 0.2) is 5.96 Å². The first-order valence-electron chi connectivity index (χ1n) is 8.24. The minimum Gasteiger partial charge on any atom is -0.357 e. The highest BCUT2D eigenvalue weighted by Crippen LogP contribution is 2.15. The van der Waals surface area contributed by atoms with Crippen molar-refractivity contribution in [2.24, 2.45) is 4.99 Å². The predicted molar refractivity (Wildman–Crippen MR) is 102 cm³/mol. The lowest BCUT2D eigenvalue weighted by molar-refractivity contribution is 0.788. The molecule has 0 aliphatic heterocycles. The summed E-state index contributed by atoms with van der Waals surface area (Å²) in [7, 11) is 0. The molecule has 0 saturated heterocycles. The van der Waals surface area contributed by atoms with Gasteiger partial charge in [-0.3, -0.25) is 0 Å². The molecule has 0 spiro atoms. The molecule has 0 atom stereocenters. The standard InChI is InChI=1S/C18H23N5S/c1-3-19-18(20-9-8-15-12-24-13(2)22-15)21-11-16-10-14-6-4-5-7-17(14)23-16/h4-7,10,12,23H,3,8-9,11H2,1-2H3,(H2,19,20,21). The molecule has 5 nitrogen and oxygen atoms in total. The topological polar surface area (TPSA) is 65.1 Å². The van der Waals surface area contributed by atoms with E-state index >= 15 is 0 Å².